The number of aryl methyl sites for hydroxylation is 1. The number of rotatable bonds is 3. The van der Waals surface area contributed by atoms with Gasteiger partial charge in [0.1, 0.15) is 6.10 Å². The molecule has 1 aromatic heterocycles. The molecule has 14 heavy (non-hydrogen) atoms. The third-order valence-corrected chi connectivity index (χ3v) is 3.66. The molecule has 0 aromatic carbocycles. The van der Waals surface area contributed by atoms with E-state index in [0.29, 0.717) is 5.02 Å². The molecule has 1 aliphatic carbocycles. The largest absolute Gasteiger partial charge is 0.386 e. The van der Waals surface area contributed by atoms with Crippen LogP contribution in [0, 0.1) is 5.41 Å². The highest BCUT2D eigenvalue weighted by molar-refractivity contribution is 6.31. The minimum Gasteiger partial charge on any atom is -0.386 e. The summed E-state index contributed by atoms with van der Waals surface area (Å²) < 4.78 is 1.67. The monoisotopic (exact) mass is 214 g/mol. The summed E-state index contributed by atoms with van der Waals surface area (Å²) in [5.41, 5.74) is 0.822. The Morgan fingerprint density at radius 3 is 2.71 bits per heavy atom. The van der Waals surface area contributed by atoms with Crippen molar-refractivity contribution in [2.75, 3.05) is 0 Å². The first kappa shape index (κ1) is 9.99. The van der Waals surface area contributed by atoms with Crippen LogP contribution in [0.4, 0.5) is 0 Å². The zero-order valence-electron chi connectivity index (χ0n) is 8.50. The highest BCUT2D eigenvalue weighted by Gasteiger charge is 2.49. The number of aromatic nitrogens is 2. The molecule has 3 nitrogen and oxygen atoms in total. The zero-order chi connectivity index (χ0) is 10.3. The summed E-state index contributed by atoms with van der Waals surface area (Å²) in [4.78, 5) is 0. The second kappa shape index (κ2) is 3.24. The van der Waals surface area contributed by atoms with E-state index in [1.54, 1.807) is 10.9 Å². The summed E-state index contributed by atoms with van der Waals surface area (Å²) >= 11 is 5.99. The molecule has 1 aliphatic rings. The quantitative estimate of drug-likeness (QED) is 0.839. The minimum absolute atomic E-state index is 0.0669. The van der Waals surface area contributed by atoms with E-state index in [1.807, 2.05) is 7.05 Å². The van der Waals surface area contributed by atoms with Gasteiger partial charge in [-0.2, -0.15) is 5.10 Å². The SMILES string of the molecule is CCC1(C(O)c2c(Cl)cnn2C)CC1. The molecule has 0 saturated heterocycles. The van der Waals surface area contributed by atoms with E-state index in [-0.39, 0.29) is 5.41 Å². The Kier molecular flexibility index (Phi) is 2.32. The highest BCUT2D eigenvalue weighted by atomic mass is 35.5. The van der Waals surface area contributed by atoms with Gasteiger partial charge in [-0.25, -0.2) is 0 Å². The Bertz CT molecular complexity index is 324. The van der Waals surface area contributed by atoms with Crippen LogP contribution >= 0.6 is 11.6 Å². The second-order valence-corrected chi connectivity index (χ2v) is 4.53. The first-order valence-electron chi connectivity index (χ1n) is 4.96. The van der Waals surface area contributed by atoms with E-state index >= 15 is 0 Å². The molecule has 1 saturated carbocycles. The molecule has 0 spiro atoms. The van der Waals surface area contributed by atoms with Gasteiger partial charge in [-0.3, -0.25) is 4.68 Å². The van der Waals surface area contributed by atoms with Gasteiger partial charge < -0.3 is 5.11 Å². The Morgan fingerprint density at radius 1 is 1.71 bits per heavy atom. The average Bonchev–Trinajstić information content (AvgIpc) is 2.89. The van der Waals surface area contributed by atoms with Crippen LogP contribution in [-0.2, 0) is 7.05 Å². The third kappa shape index (κ3) is 1.35. The average molecular weight is 215 g/mol. The molecule has 1 atom stereocenters. The molecule has 1 aromatic rings. The Labute approximate surface area is 88.7 Å². The molecular weight excluding hydrogens is 200 g/mol. The van der Waals surface area contributed by atoms with Crippen molar-refractivity contribution in [3.63, 3.8) is 0 Å². The van der Waals surface area contributed by atoms with Gasteiger partial charge in [-0.05, 0) is 19.3 Å². The molecular formula is C10H15ClN2O. The molecule has 0 aliphatic heterocycles. The maximum Gasteiger partial charge on any atom is 0.103 e. The lowest BCUT2D eigenvalue weighted by Gasteiger charge is -2.21. The van der Waals surface area contributed by atoms with E-state index in [2.05, 4.69) is 12.0 Å². The summed E-state index contributed by atoms with van der Waals surface area (Å²) in [6.07, 6.45) is 4.30. The fourth-order valence-corrected chi connectivity index (χ4v) is 2.27. The predicted octanol–water partition coefficient (Wildman–Crippen LogP) is 2.30. The Morgan fingerprint density at radius 2 is 2.36 bits per heavy atom. The molecule has 1 fully saturated rings. The van der Waals surface area contributed by atoms with Crippen LogP contribution < -0.4 is 0 Å². The fourth-order valence-electron chi connectivity index (χ4n) is 2.00. The Balaban J connectivity index is 2.31. The highest BCUT2D eigenvalue weighted by Crippen LogP contribution is 2.57. The lowest BCUT2D eigenvalue weighted by molar-refractivity contribution is 0.0825. The first-order valence-corrected chi connectivity index (χ1v) is 5.34. The van der Waals surface area contributed by atoms with Crippen LogP contribution in [-0.4, -0.2) is 14.9 Å². The van der Waals surface area contributed by atoms with Crippen molar-refractivity contribution >= 4 is 11.6 Å². The van der Waals surface area contributed by atoms with Gasteiger partial charge in [-0.15, -0.1) is 0 Å². The third-order valence-electron chi connectivity index (χ3n) is 3.37. The summed E-state index contributed by atoms with van der Waals surface area (Å²) in [7, 11) is 1.82. The number of nitrogens with zero attached hydrogens (tertiary/aromatic N) is 2. The van der Waals surface area contributed by atoms with E-state index in [4.69, 9.17) is 11.6 Å². The number of aliphatic hydroxyl groups is 1. The van der Waals surface area contributed by atoms with Crippen LogP contribution in [0.15, 0.2) is 6.20 Å². The van der Waals surface area contributed by atoms with Gasteiger partial charge in [0.05, 0.1) is 16.9 Å². The molecule has 78 valence electrons. The lowest BCUT2D eigenvalue weighted by atomic mass is 9.93. The molecule has 0 amide bonds. The molecule has 0 radical (unpaired) electrons. The normalized spacial score (nSPS) is 20.9. The topological polar surface area (TPSA) is 38.1 Å². The first-order chi connectivity index (χ1) is 6.60. The molecule has 0 bridgehead atoms. The van der Waals surface area contributed by atoms with Crippen molar-refractivity contribution in [3.05, 3.63) is 16.9 Å². The standard InChI is InChI=1S/C10H15ClN2O/c1-3-10(4-5-10)9(14)8-7(11)6-12-13(8)2/h6,9,14H,3-5H2,1-2H3. The summed E-state index contributed by atoms with van der Waals surface area (Å²) in [5.74, 6) is 0. The Hall–Kier alpha value is -0.540. The van der Waals surface area contributed by atoms with E-state index in [9.17, 15) is 5.11 Å². The molecule has 2 rings (SSSR count). The van der Waals surface area contributed by atoms with Gasteiger partial charge >= 0.3 is 0 Å². The minimum atomic E-state index is -0.465. The lowest BCUT2D eigenvalue weighted by Crippen LogP contribution is -2.16. The molecule has 1 N–H and O–H groups in total. The second-order valence-electron chi connectivity index (χ2n) is 4.12. The van der Waals surface area contributed by atoms with Gasteiger partial charge in [-0.1, -0.05) is 18.5 Å². The van der Waals surface area contributed by atoms with Gasteiger partial charge in [0.2, 0.25) is 0 Å². The number of aliphatic hydroxyl groups excluding tert-OH is 1. The van der Waals surface area contributed by atoms with Crippen LogP contribution in [0.25, 0.3) is 0 Å². The number of hydrogen-bond donors (Lipinski definition) is 1. The van der Waals surface area contributed by atoms with E-state index in [1.165, 1.54) is 0 Å². The van der Waals surface area contributed by atoms with Crippen LogP contribution in [0.5, 0.6) is 0 Å². The fraction of sp³-hybridized carbons (Fsp3) is 0.700. The maximum absolute atomic E-state index is 10.2. The number of hydrogen-bond acceptors (Lipinski definition) is 2. The van der Waals surface area contributed by atoms with E-state index in [0.717, 1.165) is 25.0 Å². The molecule has 1 unspecified atom stereocenters. The van der Waals surface area contributed by atoms with Crippen molar-refractivity contribution in [1.82, 2.24) is 9.78 Å². The van der Waals surface area contributed by atoms with Gasteiger partial charge in [0, 0.05) is 12.5 Å². The molecule has 1 heterocycles. The van der Waals surface area contributed by atoms with Crippen molar-refractivity contribution in [3.8, 4) is 0 Å². The van der Waals surface area contributed by atoms with Crippen LogP contribution in [0.2, 0.25) is 5.02 Å². The summed E-state index contributed by atoms with van der Waals surface area (Å²) in [5, 5.41) is 14.8. The summed E-state index contributed by atoms with van der Waals surface area (Å²) in [6, 6.07) is 0. The zero-order valence-corrected chi connectivity index (χ0v) is 9.25. The smallest absolute Gasteiger partial charge is 0.103 e. The predicted molar refractivity (Wildman–Crippen MR) is 55.1 cm³/mol. The van der Waals surface area contributed by atoms with Crippen LogP contribution in [0.3, 0.4) is 0 Å². The number of halogens is 1. The summed E-state index contributed by atoms with van der Waals surface area (Å²) in [6.45, 7) is 2.11. The van der Waals surface area contributed by atoms with Crippen LogP contribution in [0.1, 0.15) is 38.0 Å². The van der Waals surface area contributed by atoms with E-state index < -0.39 is 6.10 Å². The van der Waals surface area contributed by atoms with Gasteiger partial charge in [0.15, 0.2) is 0 Å². The van der Waals surface area contributed by atoms with Crippen molar-refractivity contribution in [2.45, 2.75) is 32.3 Å². The maximum atomic E-state index is 10.2. The van der Waals surface area contributed by atoms with Crippen molar-refractivity contribution in [1.29, 1.82) is 0 Å². The van der Waals surface area contributed by atoms with Crippen molar-refractivity contribution < 1.29 is 5.11 Å². The van der Waals surface area contributed by atoms with Crippen molar-refractivity contribution in [2.24, 2.45) is 12.5 Å². The van der Waals surface area contributed by atoms with Gasteiger partial charge in [0.25, 0.3) is 0 Å². The molecule has 4 heteroatoms.